The molecule has 0 aromatic heterocycles. The number of ether oxygens (including phenoxy) is 8. The monoisotopic (exact) mass is 620 g/mol. The van der Waals surface area contributed by atoms with E-state index in [-0.39, 0.29) is 18.0 Å². The van der Waals surface area contributed by atoms with E-state index in [0.717, 1.165) is 38.5 Å². The van der Waals surface area contributed by atoms with Gasteiger partial charge in [0.1, 0.15) is 6.10 Å². The van der Waals surface area contributed by atoms with Crippen molar-refractivity contribution in [1.29, 1.82) is 0 Å². The molecule has 0 heterocycles. The molecular weight excluding hydrogens is 552 g/mol. The summed E-state index contributed by atoms with van der Waals surface area (Å²) in [5, 5.41) is 0. The van der Waals surface area contributed by atoms with Gasteiger partial charge in [0.05, 0.1) is 6.61 Å². The molecule has 0 bridgehead atoms. The summed E-state index contributed by atoms with van der Waals surface area (Å²) in [6.07, 6.45) is 18.1. The lowest BCUT2D eigenvalue weighted by molar-refractivity contribution is -0.392. The van der Waals surface area contributed by atoms with Gasteiger partial charge >= 0.3 is 11.9 Å². The Hall–Kier alpha value is -1.07. The first-order valence-corrected chi connectivity index (χ1v) is 16.3. The molecule has 2 unspecified atom stereocenters. The third kappa shape index (κ3) is 18.5. The average Bonchev–Trinajstić information content (AvgIpc) is 3.03. The first kappa shape index (κ1) is 44.1. The third-order valence-electron chi connectivity index (χ3n) is 7.89. The zero-order chi connectivity index (χ0) is 33.0. The third-order valence-corrected chi connectivity index (χ3v) is 7.89. The van der Waals surface area contributed by atoms with Crippen LogP contribution >= 0.6 is 0 Å². The first-order chi connectivity index (χ1) is 20.7. The van der Waals surface area contributed by atoms with Crippen LogP contribution in [0.1, 0.15) is 124 Å². The van der Waals surface area contributed by atoms with Gasteiger partial charge < -0.3 is 37.9 Å². The summed E-state index contributed by atoms with van der Waals surface area (Å²) in [4.78, 5) is 11.5. The molecule has 9 heteroatoms. The van der Waals surface area contributed by atoms with Crippen LogP contribution in [0.2, 0.25) is 0 Å². The molecule has 43 heavy (non-hydrogen) atoms. The summed E-state index contributed by atoms with van der Waals surface area (Å²) in [6.45, 7) is 10.1. The zero-order valence-corrected chi connectivity index (χ0v) is 29.6. The van der Waals surface area contributed by atoms with E-state index in [1.54, 1.807) is 56.7 Å². The Morgan fingerprint density at radius 2 is 0.977 bits per heavy atom. The standard InChI is InChI=1S/C20H38O5.C14H30O4/c1-7-8-9-10-11-12-14-18(20(22-4,23-5)24-6)15-13-16-25-19(21)17(2)3;1-6-7-8-9-10-11-12-13(15-2)14(16-3,17-4)18-5/h18H,2,7-16H2,1,3-6H3;13H,6-12H2,1-5H3. The molecule has 0 spiro atoms. The summed E-state index contributed by atoms with van der Waals surface area (Å²) in [5.74, 6) is -2.38. The number of hydrogen-bond acceptors (Lipinski definition) is 9. The molecule has 0 aromatic rings. The number of unbranched alkanes of at least 4 members (excludes halogenated alkanes) is 10. The maximum atomic E-state index is 11.5. The van der Waals surface area contributed by atoms with Crippen molar-refractivity contribution in [2.45, 2.75) is 142 Å². The van der Waals surface area contributed by atoms with Gasteiger partial charge in [-0.05, 0) is 32.6 Å². The van der Waals surface area contributed by atoms with Crippen molar-refractivity contribution in [2.75, 3.05) is 56.4 Å². The summed E-state index contributed by atoms with van der Waals surface area (Å²) in [7, 11) is 11.2. The average molecular weight is 621 g/mol. The molecule has 0 aliphatic heterocycles. The van der Waals surface area contributed by atoms with Gasteiger partial charge in [-0.1, -0.05) is 97.5 Å². The molecule has 258 valence electrons. The number of rotatable bonds is 28. The van der Waals surface area contributed by atoms with Crippen molar-refractivity contribution >= 4 is 5.97 Å². The minimum atomic E-state index is -1.09. The van der Waals surface area contributed by atoms with E-state index >= 15 is 0 Å². The number of hydrogen-bond donors (Lipinski definition) is 0. The number of carbonyl (C=O) groups is 1. The van der Waals surface area contributed by atoms with Crippen molar-refractivity contribution in [3.63, 3.8) is 0 Å². The predicted octanol–water partition coefficient (Wildman–Crippen LogP) is 8.19. The molecule has 0 aliphatic rings. The lowest BCUT2D eigenvalue weighted by Crippen LogP contribution is -2.48. The number of esters is 1. The maximum absolute atomic E-state index is 11.5. The van der Waals surface area contributed by atoms with E-state index in [1.165, 1.54) is 64.2 Å². The van der Waals surface area contributed by atoms with Crippen LogP contribution < -0.4 is 0 Å². The van der Waals surface area contributed by atoms with Crippen LogP contribution in [0.4, 0.5) is 0 Å². The van der Waals surface area contributed by atoms with E-state index in [0.29, 0.717) is 12.2 Å². The molecule has 0 aromatic carbocycles. The fourth-order valence-electron chi connectivity index (χ4n) is 5.23. The fourth-order valence-corrected chi connectivity index (χ4v) is 5.23. The van der Waals surface area contributed by atoms with Gasteiger partial charge in [-0.15, -0.1) is 0 Å². The van der Waals surface area contributed by atoms with Gasteiger partial charge in [0.25, 0.3) is 5.97 Å². The van der Waals surface area contributed by atoms with Crippen LogP contribution in [0.3, 0.4) is 0 Å². The molecule has 0 aliphatic carbocycles. The van der Waals surface area contributed by atoms with Gasteiger partial charge in [-0.25, -0.2) is 4.79 Å². The molecule has 0 N–H and O–H groups in total. The minimum Gasteiger partial charge on any atom is -0.462 e. The van der Waals surface area contributed by atoms with Crippen LogP contribution in [0.5, 0.6) is 0 Å². The highest BCUT2D eigenvalue weighted by atomic mass is 16.9. The molecular formula is C34H68O9. The van der Waals surface area contributed by atoms with Crippen LogP contribution in [-0.4, -0.2) is 80.4 Å². The van der Waals surface area contributed by atoms with Crippen LogP contribution in [0.15, 0.2) is 12.2 Å². The van der Waals surface area contributed by atoms with Crippen molar-refractivity contribution < 1.29 is 42.7 Å². The molecule has 0 fully saturated rings. The van der Waals surface area contributed by atoms with Gasteiger partial charge in [-0.3, -0.25) is 0 Å². The Labute approximate surface area is 264 Å². The lowest BCUT2D eigenvalue weighted by atomic mass is 9.93. The molecule has 0 radical (unpaired) electrons. The molecule has 0 amide bonds. The largest absolute Gasteiger partial charge is 0.462 e. The molecule has 0 saturated heterocycles. The number of methoxy groups -OCH3 is 7. The highest BCUT2D eigenvalue weighted by Gasteiger charge is 2.40. The predicted molar refractivity (Wildman–Crippen MR) is 173 cm³/mol. The molecule has 2 atom stereocenters. The van der Waals surface area contributed by atoms with Crippen molar-refractivity contribution in [3.8, 4) is 0 Å². The maximum Gasteiger partial charge on any atom is 0.333 e. The summed E-state index contributed by atoms with van der Waals surface area (Å²) < 4.78 is 43.2. The molecule has 0 rings (SSSR count). The highest BCUT2D eigenvalue weighted by Crippen LogP contribution is 2.32. The smallest absolute Gasteiger partial charge is 0.333 e. The number of carbonyl (C=O) groups excluding carboxylic acids is 1. The molecule has 0 saturated carbocycles. The SMILES string of the molecule is C=C(C)C(=O)OCCCC(CCCCCCCC)C(OC)(OC)OC.CCCCCCCCC(OC)C(OC)(OC)OC. The van der Waals surface area contributed by atoms with E-state index in [9.17, 15) is 4.79 Å². The van der Waals surface area contributed by atoms with Crippen LogP contribution in [0, 0.1) is 5.92 Å². The zero-order valence-electron chi connectivity index (χ0n) is 29.6. The Balaban J connectivity index is 0. The lowest BCUT2D eigenvalue weighted by Gasteiger charge is -2.36. The summed E-state index contributed by atoms with van der Waals surface area (Å²) in [5.41, 5.74) is 0.420. The quantitative estimate of drug-likeness (QED) is 0.0371. The van der Waals surface area contributed by atoms with Crippen LogP contribution in [-0.2, 0) is 42.7 Å². The Morgan fingerprint density at radius 3 is 1.37 bits per heavy atom. The summed E-state index contributed by atoms with van der Waals surface area (Å²) >= 11 is 0. The highest BCUT2D eigenvalue weighted by molar-refractivity contribution is 5.86. The van der Waals surface area contributed by atoms with E-state index in [1.807, 2.05) is 0 Å². The normalized spacial score (nSPS) is 13.3. The van der Waals surface area contributed by atoms with Crippen molar-refractivity contribution in [3.05, 3.63) is 12.2 Å². The van der Waals surface area contributed by atoms with E-state index in [2.05, 4.69) is 20.4 Å². The Bertz CT molecular complexity index is 631. The van der Waals surface area contributed by atoms with Crippen molar-refractivity contribution in [2.24, 2.45) is 5.92 Å². The topological polar surface area (TPSA) is 90.9 Å². The summed E-state index contributed by atoms with van der Waals surface area (Å²) in [6, 6.07) is 0. The van der Waals surface area contributed by atoms with Gasteiger partial charge in [0, 0.05) is 61.3 Å². The fraction of sp³-hybridized carbons (Fsp3) is 0.912. The second-order valence-electron chi connectivity index (χ2n) is 11.0. The van der Waals surface area contributed by atoms with Gasteiger partial charge in [-0.2, -0.15) is 0 Å². The van der Waals surface area contributed by atoms with E-state index in [4.69, 9.17) is 37.9 Å². The van der Waals surface area contributed by atoms with Gasteiger partial charge in [0.15, 0.2) is 0 Å². The first-order valence-electron chi connectivity index (χ1n) is 16.3. The van der Waals surface area contributed by atoms with Crippen molar-refractivity contribution in [1.82, 2.24) is 0 Å². The second kappa shape index (κ2) is 28.4. The van der Waals surface area contributed by atoms with Crippen LogP contribution in [0.25, 0.3) is 0 Å². The Kier molecular flexibility index (Phi) is 29.1. The molecule has 9 nitrogen and oxygen atoms in total. The Morgan fingerprint density at radius 1 is 0.581 bits per heavy atom. The van der Waals surface area contributed by atoms with Gasteiger partial charge in [0.2, 0.25) is 0 Å². The minimum absolute atomic E-state index is 0.0854. The van der Waals surface area contributed by atoms with E-state index < -0.39 is 11.9 Å². The second-order valence-corrected chi connectivity index (χ2v) is 11.0.